The monoisotopic (exact) mass is 321 g/mol. The van der Waals surface area contributed by atoms with E-state index in [1.165, 1.54) is 17.4 Å². The third-order valence-corrected chi connectivity index (χ3v) is 4.21. The standard InChI is InChI=1S/C15H10F3N3S/c1-9-13(11-5-2-6-12(21-11)15(16,17)18)22-14(20-9)10-4-3-7-19-8-10/h2-8H,1H3. The SMILES string of the molecule is Cc1nc(-c2cccnc2)sc1-c1cccc(C(F)(F)F)n1. The van der Waals surface area contributed by atoms with Crippen molar-refractivity contribution in [3.8, 4) is 21.1 Å². The van der Waals surface area contributed by atoms with Crippen LogP contribution >= 0.6 is 11.3 Å². The molecule has 0 atom stereocenters. The van der Waals surface area contributed by atoms with Gasteiger partial charge in [0.1, 0.15) is 10.7 Å². The molecule has 3 nitrogen and oxygen atoms in total. The Morgan fingerprint density at radius 1 is 1.05 bits per heavy atom. The number of aromatic nitrogens is 3. The summed E-state index contributed by atoms with van der Waals surface area (Å²) in [6.07, 6.45) is -1.14. The highest BCUT2D eigenvalue weighted by Crippen LogP contribution is 2.35. The first-order chi connectivity index (χ1) is 10.4. The van der Waals surface area contributed by atoms with E-state index in [0.29, 0.717) is 15.6 Å². The molecule has 3 aromatic rings. The van der Waals surface area contributed by atoms with Crippen molar-refractivity contribution in [3.63, 3.8) is 0 Å². The Labute approximate surface area is 128 Å². The highest BCUT2D eigenvalue weighted by atomic mass is 32.1. The first-order valence-corrected chi connectivity index (χ1v) is 7.19. The number of aryl methyl sites for hydroxylation is 1. The van der Waals surface area contributed by atoms with Crippen molar-refractivity contribution in [3.05, 3.63) is 54.1 Å². The van der Waals surface area contributed by atoms with Gasteiger partial charge in [-0.05, 0) is 31.2 Å². The number of rotatable bonds is 2. The van der Waals surface area contributed by atoms with E-state index in [4.69, 9.17) is 0 Å². The number of hydrogen-bond donors (Lipinski definition) is 0. The summed E-state index contributed by atoms with van der Waals surface area (Å²) in [5.74, 6) is 0. The second-order valence-corrected chi connectivity index (χ2v) is 5.58. The van der Waals surface area contributed by atoms with Crippen molar-refractivity contribution in [2.24, 2.45) is 0 Å². The minimum Gasteiger partial charge on any atom is -0.264 e. The molecule has 0 radical (unpaired) electrons. The number of hydrogen-bond acceptors (Lipinski definition) is 4. The first kappa shape index (κ1) is 14.6. The molecular formula is C15H10F3N3S. The molecule has 0 aliphatic rings. The predicted octanol–water partition coefficient (Wildman–Crippen LogP) is 4.59. The van der Waals surface area contributed by atoms with E-state index in [1.54, 1.807) is 31.5 Å². The predicted molar refractivity (Wildman–Crippen MR) is 78.3 cm³/mol. The average molecular weight is 321 g/mol. The van der Waals surface area contributed by atoms with Crippen molar-refractivity contribution >= 4 is 11.3 Å². The van der Waals surface area contributed by atoms with Crippen LogP contribution in [0.25, 0.3) is 21.1 Å². The van der Waals surface area contributed by atoms with E-state index in [-0.39, 0.29) is 5.69 Å². The lowest BCUT2D eigenvalue weighted by atomic mass is 10.2. The molecule has 22 heavy (non-hydrogen) atoms. The average Bonchev–Trinajstić information content (AvgIpc) is 2.89. The number of thiazole rings is 1. The Morgan fingerprint density at radius 2 is 1.86 bits per heavy atom. The Bertz CT molecular complexity index is 797. The maximum Gasteiger partial charge on any atom is 0.433 e. The van der Waals surface area contributed by atoms with Gasteiger partial charge in [-0.25, -0.2) is 9.97 Å². The molecule has 0 saturated carbocycles. The van der Waals surface area contributed by atoms with Crippen molar-refractivity contribution in [1.82, 2.24) is 15.0 Å². The van der Waals surface area contributed by atoms with Crippen molar-refractivity contribution in [1.29, 1.82) is 0 Å². The van der Waals surface area contributed by atoms with E-state index >= 15 is 0 Å². The zero-order valence-electron chi connectivity index (χ0n) is 11.4. The minimum absolute atomic E-state index is 0.278. The molecule has 7 heteroatoms. The van der Waals surface area contributed by atoms with Gasteiger partial charge >= 0.3 is 6.18 Å². The van der Waals surface area contributed by atoms with Crippen LogP contribution < -0.4 is 0 Å². The summed E-state index contributed by atoms with van der Waals surface area (Å²) in [7, 11) is 0. The van der Waals surface area contributed by atoms with Crippen LogP contribution in [0.3, 0.4) is 0 Å². The molecular weight excluding hydrogens is 311 g/mol. The number of pyridine rings is 2. The molecule has 112 valence electrons. The van der Waals surface area contributed by atoms with Crippen molar-refractivity contribution in [2.75, 3.05) is 0 Å². The fourth-order valence-electron chi connectivity index (χ4n) is 1.97. The van der Waals surface area contributed by atoms with Gasteiger partial charge in [0, 0.05) is 18.0 Å². The molecule has 0 amide bonds. The maximum absolute atomic E-state index is 12.8. The second-order valence-electron chi connectivity index (χ2n) is 4.58. The number of nitrogens with zero attached hydrogens (tertiary/aromatic N) is 3. The molecule has 3 heterocycles. The molecule has 0 bridgehead atoms. The maximum atomic E-state index is 12.8. The van der Waals surface area contributed by atoms with Gasteiger partial charge in [0.25, 0.3) is 0 Å². The quantitative estimate of drug-likeness (QED) is 0.693. The van der Waals surface area contributed by atoms with Gasteiger partial charge in [-0.2, -0.15) is 13.2 Å². The van der Waals surface area contributed by atoms with E-state index < -0.39 is 11.9 Å². The lowest BCUT2D eigenvalue weighted by molar-refractivity contribution is -0.141. The minimum atomic E-state index is -4.46. The molecule has 0 aromatic carbocycles. The van der Waals surface area contributed by atoms with Crippen LogP contribution in [0.2, 0.25) is 0 Å². The molecule has 0 aliphatic carbocycles. The molecule has 3 aromatic heterocycles. The largest absolute Gasteiger partial charge is 0.433 e. The van der Waals surface area contributed by atoms with Gasteiger partial charge < -0.3 is 0 Å². The third-order valence-electron chi connectivity index (χ3n) is 2.98. The van der Waals surface area contributed by atoms with Crippen molar-refractivity contribution < 1.29 is 13.2 Å². The van der Waals surface area contributed by atoms with Crippen LogP contribution in [0.4, 0.5) is 13.2 Å². The van der Waals surface area contributed by atoms with Crippen LogP contribution in [0.15, 0.2) is 42.7 Å². The lowest BCUT2D eigenvalue weighted by Gasteiger charge is -2.06. The lowest BCUT2D eigenvalue weighted by Crippen LogP contribution is -2.07. The van der Waals surface area contributed by atoms with Gasteiger partial charge in [0.05, 0.1) is 16.3 Å². The fourth-order valence-corrected chi connectivity index (χ4v) is 2.99. The zero-order chi connectivity index (χ0) is 15.7. The van der Waals surface area contributed by atoms with Crippen LogP contribution in [-0.2, 0) is 6.18 Å². The fraction of sp³-hybridized carbons (Fsp3) is 0.133. The van der Waals surface area contributed by atoms with Gasteiger partial charge in [0.2, 0.25) is 0 Å². The molecule has 3 rings (SSSR count). The molecule has 0 fully saturated rings. The van der Waals surface area contributed by atoms with E-state index in [2.05, 4.69) is 15.0 Å². The van der Waals surface area contributed by atoms with Crippen molar-refractivity contribution in [2.45, 2.75) is 13.1 Å². The summed E-state index contributed by atoms with van der Waals surface area (Å²) in [5.41, 5.74) is 0.852. The Morgan fingerprint density at radius 3 is 2.55 bits per heavy atom. The third kappa shape index (κ3) is 2.85. The normalized spacial score (nSPS) is 11.6. The summed E-state index contributed by atoms with van der Waals surface area (Å²) < 4.78 is 38.3. The van der Waals surface area contributed by atoms with Crippen LogP contribution in [0.1, 0.15) is 11.4 Å². The highest BCUT2D eigenvalue weighted by Gasteiger charge is 2.32. The molecule has 0 spiro atoms. The van der Waals surface area contributed by atoms with Crippen LogP contribution in [-0.4, -0.2) is 15.0 Å². The molecule has 0 aliphatic heterocycles. The van der Waals surface area contributed by atoms with Gasteiger partial charge in [-0.15, -0.1) is 11.3 Å². The van der Waals surface area contributed by atoms with Gasteiger partial charge in [0.15, 0.2) is 0 Å². The summed E-state index contributed by atoms with van der Waals surface area (Å²) in [6, 6.07) is 7.52. The number of alkyl halides is 3. The second kappa shape index (κ2) is 5.49. The van der Waals surface area contributed by atoms with Gasteiger partial charge in [-0.1, -0.05) is 6.07 Å². The summed E-state index contributed by atoms with van der Waals surface area (Å²) >= 11 is 1.30. The van der Waals surface area contributed by atoms with Gasteiger partial charge in [-0.3, -0.25) is 4.98 Å². The number of halogens is 3. The first-order valence-electron chi connectivity index (χ1n) is 6.37. The Hall–Kier alpha value is -2.28. The van der Waals surface area contributed by atoms with E-state index in [1.807, 2.05) is 6.07 Å². The summed E-state index contributed by atoms with van der Waals surface area (Å²) in [6.45, 7) is 1.76. The van der Waals surface area contributed by atoms with Crippen LogP contribution in [0.5, 0.6) is 0 Å². The Kier molecular flexibility index (Phi) is 3.66. The molecule has 0 N–H and O–H groups in total. The summed E-state index contributed by atoms with van der Waals surface area (Å²) in [5, 5.41) is 0.708. The van der Waals surface area contributed by atoms with E-state index in [9.17, 15) is 13.2 Å². The topological polar surface area (TPSA) is 38.7 Å². The van der Waals surface area contributed by atoms with E-state index in [0.717, 1.165) is 11.6 Å². The summed E-state index contributed by atoms with van der Waals surface area (Å²) in [4.78, 5) is 12.8. The smallest absolute Gasteiger partial charge is 0.264 e. The molecule has 0 saturated heterocycles. The van der Waals surface area contributed by atoms with Crippen LogP contribution in [0, 0.1) is 6.92 Å². The molecule has 0 unspecified atom stereocenters. The Balaban J connectivity index is 2.05. The highest BCUT2D eigenvalue weighted by molar-refractivity contribution is 7.18. The zero-order valence-corrected chi connectivity index (χ0v) is 12.2.